The first-order chi connectivity index (χ1) is 10.4. The highest BCUT2D eigenvalue weighted by Gasteiger charge is 2.27. The molecule has 0 heterocycles. The average molecular weight is 325 g/mol. The fourth-order valence-electron chi connectivity index (χ4n) is 2.21. The van der Waals surface area contributed by atoms with Crippen LogP contribution in [0.1, 0.15) is 45.1 Å². The fraction of sp³-hybridized carbons (Fsp3) is 0.588. The highest BCUT2D eigenvalue weighted by molar-refractivity contribution is 7.66. The van der Waals surface area contributed by atoms with Gasteiger partial charge in [0.1, 0.15) is 6.16 Å². The molecule has 1 N–H and O–H groups in total. The summed E-state index contributed by atoms with van der Waals surface area (Å²) in [6.07, 6.45) is 3.56. The smallest absolute Gasteiger partial charge is 0.238 e. The number of unbranched alkanes of at least 4 members (excludes halogenated alkanes) is 2. The molecule has 1 aromatic rings. The zero-order valence-corrected chi connectivity index (χ0v) is 14.8. The van der Waals surface area contributed by atoms with Crippen LogP contribution in [0.4, 0.5) is 0 Å². The van der Waals surface area contributed by atoms with Gasteiger partial charge in [0.25, 0.3) is 0 Å². The lowest BCUT2D eigenvalue weighted by molar-refractivity contribution is -0.128. The third-order valence-corrected chi connectivity index (χ3v) is 5.51. The third kappa shape index (κ3) is 5.94. The van der Waals surface area contributed by atoms with E-state index in [2.05, 4.69) is 13.8 Å². The number of benzene rings is 1. The average Bonchev–Trinajstić information content (AvgIpc) is 2.47. The largest absolute Gasteiger partial charge is 0.342 e. The molecule has 0 aromatic heterocycles. The first-order valence-corrected chi connectivity index (χ1v) is 9.92. The fourth-order valence-corrected chi connectivity index (χ4v) is 3.58. The Morgan fingerprint density at radius 1 is 1.09 bits per heavy atom. The van der Waals surface area contributed by atoms with Crippen LogP contribution in [0, 0.1) is 6.92 Å². The van der Waals surface area contributed by atoms with Crippen molar-refractivity contribution < 1.29 is 14.3 Å². The van der Waals surface area contributed by atoms with Crippen molar-refractivity contribution in [2.45, 2.75) is 46.5 Å². The van der Waals surface area contributed by atoms with Crippen LogP contribution in [0.25, 0.3) is 0 Å². The molecule has 0 saturated carbocycles. The van der Waals surface area contributed by atoms with Crippen LogP contribution in [0.5, 0.6) is 0 Å². The Hall–Kier alpha value is -1.12. The normalized spacial score (nSPS) is 13.6. The van der Waals surface area contributed by atoms with Gasteiger partial charge >= 0.3 is 0 Å². The molecule has 1 rings (SSSR count). The van der Waals surface area contributed by atoms with E-state index in [1.54, 1.807) is 29.2 Å². The molecule has 1 unspecified atom stereocenters. The lowest BCUT2D eigenvalue weighted by atomic mass is 10.2. The van der Waals surface area contributed by atoms with Gasteiger partial charge in [-0.05, 0) is 31.9 Å². The minimum absolute atomic E-state index is 0.215. The molecule has 124 valence electrons. The van der Waals surface area contributed by atoms with Crippen molar-refractivity contribution in [3.8, 4) is 0 Å². The lowest BCUT2D eigenvalue weighted by Gasteiger charge is -2.24. The third-order valence-electron chi connectivity index (χ3n) is 3.70. The van der Waals surface area contributed by atoms with E-state index in [1.807, 2.05) is 6.92 Å². The molecule has 22 heavy (non-hydrogen) atoms. The van der Waals surface area contributed by atoms with Crippen LogP contribution in [0.2, 0.25) is 0 Å². The van der Waals surface area contributed by atoms with Gasteiger partial charge in [0.15, 0.2) is 0 Å². The van der Waals surface area contributed by atoms with Crippen molar-refractivity contribution in [1.82, 2.24) is 4.90 Å². The van der Waals surface area contributed by atoms with Crippen molar-refractivity contribution in [3.05, 3.63) is 29.8 Å². The molecule has 4 nitrogen and oxygen atoms in total. The molecule has 5 heteroatoms. The molecule has 0 bridgehead atoms. The second kappa shape index (κ2) is 9.12. The van der Waals surface area contributed by atoms with Crippen LogP contribution in [0.3, 0.4) is 0 Å². The molecular weight excluding hydrogens is 297 g/mol. The maximum atomic E-state index is 12.5. The summed E-state index contributed by atoms with van der Waals surface area (Å²) >= 11 is 0. The van der Waals surface area contributed by atoms with Gasteiger partial charge in [-0.3, -0.25) is 9.36 Å². The van der Waals surface area contributed by atoms with Crippen LogP contribution < -0.4 is 5.30 Å². The van der Waals surface area contributed by atoms with Crippen LogP contribution >= 0.6 is 7.37 Å². The zero-order valence-electron chi connectivity index (χ0n) is 13.9. The Kier molecular flexibility index (Phi) is 7.84. The van der Waals surface area contributed by atoms with E-state index < -0.39 is 7.37 Å². The van der Waals surface area contributed by atoms with E-state index in [1.165, 1.54) is 0 Å². The second-order valence-electron chi connectivity index (χ2n) is 5.78. The summed E-state index contributed by atoms with van der Waals surface area (Å²) in [7, 11) is -3.63. The number of nitrogens with zero attached hydrogens (tertiary/aromatic N) is 1. The summed E-state index contributed by atoms with van der Waals surface area (Å²) in [6.45, 7) is 7.42. The van der Waals surface area contributed by atoms with Crippen molar-refractivity contribution in [3.63, 3.8) is 0 Å². The molecule has 0 fully saturated rings. The first-order valence-electron chi connectivity index (χ1n) is 8.07. The highest BCUT2D eigenvalue weighted by Crippen LogP contribution is 2.39. The van der Waals surface area contributed by atoms with E-state index in [0.717, 1.165) is 31.2 Å². The maximum Gasteiger partial charge on any atom is 0.238 e. The molecule has 0 aliphatic heterocycles. The number of hydrogen-bond donors (Lipinski definition) is 1. The Bertz CT molecular complexity index is 505. The second-order valence-corrected chi connectivity index (χ2v) is 8.02. The van der Waals surface area contributed by atoms with Gasteiger partial charge in [-0.1, -0.05) is 44.4 Å². The Labute approximate surface area is 134 Å². The van der Waals surface area contributed by atoms with Crippen LogP contribution in [-0.2, 0) is 9.36 Å². The summed E-state index contributed by atoms with van der Waals surface area (Å²) < 4.78 is 12.5. The van der Waals surface area contributed by atoms with Crippen molar-refractivity contribution >= 4 is 18.6 Å². The molecule has 0 aliphatic carbocycles. The molecule has 0 aliphatic rings. The molecule has 1 amide bonds. The van der Waals surface area contributed by atoms with Gasteiger partial charge in [0.05, 0.1) is 0 Å². The van der Waals surface area contributed by atoms with Crippen LogP contribution in [-0.4, -0.2) is 35.0 Å². The minimum Gasteiger partial charge on any atom is -0.342 e. The first kappa shape index (κ1) is 18.9. The number of aryl methyl sites for hydroxylation is 1. The highest BCUT2D eigenvalue weighted by atomic mass is 31.2. The van der Waals surface area contributed by atoms with Crippen LogP contribution in [0.15, 0.2) is 24.3 Å². The number of amides is 1. The van der Waals surface area contributed by atoms with E-state index in [0.29, 0.717) is 18.4 Å². The van der Waals surface area contributed by atoms with Crippen molar-refractivity contribution in [1.29, 1.82) is 0 Å². The van der Waals surface area contributed by atoms with E-state index in [-0.39, 0.29) is 12.1 Å². The van der Waals surface area contributed by atoms with E-state index in [4.69, 9.17) is 0 Å². The number of carbonyl (C=O) groups excluding carboxylic acids is 1. The summed E-state index contributed by atoms with van der Waals surface area (Å²) in [5.41, 5.74) is 1.03. The lowest BCUT2D eigenvalue weighted by Crippen LogP contribution is -2.35. The molecule has 1 atom stereocenters. The standard InChI is InChI=1S/C17H28NO3P/c1-4-6-12-18(13-7-5-2)17(19)14-22(20,21)16-10-8-15(3)9-11-16/h8-11H,4-7,12-14H2,1-3H3,(H,20,21). The molecule has 0 radical (unpaired) electrons. The van der Waals surface area contributed by atoms with Gasteiger partial charge in [-0.15, -0.1) is 0 Å². The van der Waals surface area contributed by atoms with Gasteiger partial charge in [-0.25, -0.2) is 0 Å². The predicted molar refractivity (Wildman–Crippen MR) is 91.9 cm³/mol. The molecule has 0 saturated heterocycles. The van der Waals surface area contributed by atoms with Gasteiger partial charge in [0, 0.05) is 18.4 Å². The van der Waals surface area contributed by atoms with Gasteiger partial charge < -0.3 is 9.79 Å². The van der Waals surface area contributed by atoms with Crippen molar-refractivity contribution in [2.75, 3.05) is 19.3 Å². The quantitative estimate of drug-likeness (QED) is 0.709. The maximum absolute atomic E-state index is 12.5. The molecule has 0 spiro atoms. The van der Waals surface area contributed by atoms with Gasteiger partial charge in [0.2, 0.25) is 13.3 Å². The zero-order chi connectivity index (χ0) is 16.6. The Morgan fingerprint density at radius 2 is 1.59 bits per heavy atom. The summed E-state index contributed by atoms with van der Waals surface area (Å²) in [5.74, 6) is -0.215. The number of hydrogen-bond acceptors (Lipinski definition) is 2. The van der Waals surface area contributed by atoms with Gasteiger partial charge in [-0.2, -0.15) is 0 Å². The topological polar surface area (TPSA) is 57.6 Å². The number of rotatable bonds is 9. The molecular formula is C17H28NO3P. The predicted octanol–water partition coefficient (Wildman–Crippen LogP) is 3.32. The summed E-state index contributed by atoms with van der Waals surface area (Å²) in [5, 5.41) is 0.359. The number of carbonyl (C=O) groups is 1. The minimum atomic E-state index is -3.63. The summed E-state index contributed by atoms with van der Waals surface area (Å²) in [4.78, 5) is 24.4. The molecule has 1 aromatic carbocycles. The SMILES string of the molecule is CCCCN(CCCC)C(=O)CP(=O)(O)c1ccc(C)cc1. The monoisotopic (exact) mass is 325 g/mol. The Balaban J connectivity index is 2.77. The Morgan fingerprint density at radius 3 is 2.05 bits per heavy atom. The van der Waals surface area contributed by atoms with Crippen molar-refractivity contribution in [2.24, 2.45) is 0 Å². The van der Waals surface area contributed by atoms with E-state index in [9.17, 15) is 14.3 Å². The van der Waals surface area contributed by atoms with E-state index >= 15 is 0 Å². The summed E-state index contributed by atoms with van der Waals surface area (Å²) in [6, 6.07) is 6.89.